The van der Waals surface area contributed by atoms with Gasteiger partial charge >= 0.3 is 0 Å². The Labute approximate surface area is 94.7 Å². The maximum absolute atomic E-state index is 12.7. The van der Waals surface area contributed by atoms with Crippen LogP contribution in [0.4, 0.5) is 10.2 Å². The first-order valence-electron chi connectivity index (χ1n) is 5.18. The van der Waals surface area contributed by atoms with Crippen LogP contribution in [0, 0.1) is 5.95 Å². The Kier molecular flexibility index (Phi) is 6.16. The Balaban J connectivity index is 2.10. The lowest BCUT2D eigenvalue weighted by molar-refractivity contribution is 0.584. The third-order valence-electron chi connectivity index (χ3n) is 2.05. The third-order valence-corrected chi connectivity index (χ3v) is 2.74. The van der Waals surface area contributed by atoms with Crippen molar-refractivity contribution in [1.82, 2.24) is 4.98 Å². The summed E-state index contributed by atoms with van der Waals surface area (Å²) in [7, 11) is 0. The van der Waals surface area contributed by atoms with Crippen LogP contribution in [-0.2, 0) is 0 Å². The molecule has 1 N–H and O–H groups in total. The van der Waals surface area contributed by atoms with E-state index in [1.54, 1.807) is 12.1 Å². The molecule has 0 aliphatic heterocycles. The van der Waals surface area contributed by atoms with Crippen molar-refractivity contribution in [2.75, 3.05) is 23.9 Å². The highest BCUT2D eigenvalue weighted by Crippen LogP contribution is 2.05. The van der Waals surface area contributed by atoms with E-state index in [1.807, 2.05) is 11.8 Å². The number of halogens is 1. The van der Waals surface area contributed by atoms with E-state index in [9.17, 15) is 4.39 Å². The molecule has 0 bridgehead atoms. The van der Waals surface area contributed by atoms with Gasteiger partial charge in [-0.3, -0.25) is 0 Å². The number of rotatable bonds is 7. The second kappa shape index (κ2) is 7.51. The van der Waals surface area contributed by atoms with Crippen molar-refractivity contribution in [1.29, 1.82) is 0 Å². The maximum atomic E-state index is 12.7. The van der Waals surface area contributed by atoms with Crippen LogP contribution >= 0.6 is 11.8 Å². The lowest BCUT2D eigenvalue weighted by Gasteiger charge is -2.04. The Morgan fingerprint density at radius 3 is 2.93 bits per heavy atom. The smallest absolute Gasteiger partial charge is 0.214 e. The van der Waals surface area contributed by atoms with Gasteiger partial charge in [0.25, 0.3) is 0 Å². The molecule has 1 aromatic heterocycles. The minimum Gasteiger partial charge on any atom is -0.370 e. The quantitative estimate of drug-likeness (QED) is 0.573. The molecule has 0 atom stereocenters. The molecular weight excluding hydrogens is 211 g/mol. The zero-order chi connectivity index (χ0) is 10.9. The lowest BCUT2D eigenvalue weighted by atomic mass is 10.2. The molecule has 0 unspecified atom stereocenters. The van der Waals surface area contributed by atoms with Gasteiger partial charge in [0.05, 0.1) is 0 Å². The van der Waals surface area contributed by atoms with Crippen molar-refractivity contribution >= 4 is 17.6 Å². The summed E-state index contributed by atoms with van der Waals surface area (Å²) < 4.78 is 12.7. The van der Waals surface area contributed by atoms with E-state index in [2.05, 4.69) is 16.6 Å². The number of nitrogens with one attached hydrogen (secondary N) is 1. The summed E-state index contributed by atoms with van der Waals surface area (Å²) in [6.45, 7) is 0.866. The van der Waals surface area contributed by atoms with Crippen molar-refractivity contribution in [2.24, 2.45) is 0 Å². The first-order chi connectivity index (χ1) is 7.33. The van der Waals surface area contributed by atoms with Crippen LogP contribution < -0.4 is 5.32 Å². The number of nitrogens with zero attached hydrogens (tertiary/aromatic N) is 1. The van der Waals surface area contributed by atoms with E-state index >= 15 is 0 Å². The van der Waals surface area contributed by atoms with Gasteiger partial charge in [0, 0.05) is 6.54 Å². The van der Waals surface area contributed by atoms with Gasteiger partial charge in [-0.25, -0.2) is 4.98 Å². The third kappa shape index (κ3) is 5.62. The molecule has 0 saturated carbocycles. The van der Waals surface area contributed by atoms with Crippen LogP contribution in [0.25, 0.3) is 0 Å². The van der Waals surface area contributed by atoms with Crippen LogP contribution in [0.1, 0.15) is 19.3 Å². The fourth-order valence-corrected chi connectivity index (χ4v) is 1.76. The van der Waals surface area contributed by atoms with E-state index in [-0.39, 0.29) is 0 Å². The number of anilines is 1. The summed E-state index contributed by atoms with van der Waals surface area (Å²) in [6.07, 6.45) is 5.69. The zero-order valence-electron chi connectivity index (χ0n) is 9.00. The second-order valence-corrected chi connectivity index (χ2v) is 4.31. The van der Waals surface area contributed by atoms with Crippen molar-refractivity contribution in [3.8, 4) is 0 Å². The molecule has 1 rings (SSSR count). The van der Waals surface area contributed by atoms with Crippen LogP contribution in [-0.4, -0.2) is 23.5 Å². The molecule has 0 spiro atoms. The van der Waals surface area contributed by atoms with Crippen LogP contribution in [0.2, 0.25) is 0 Å². The molecule has 1 heterocycles. The summed E-state index contributed by atoms with van der Waals surface area (Å²) in [6, 6.07) is 4.80. The summed E-state index contributed by atoms with van der Waals surface area (Å²) in [5.41, 5.74) is 0. The first kappa shape index (κ1) is 12.3. The molecule has 0 aliphatic rings. The topological polar surface area (TPSA) is 24.9 Å². The number of unbranched alkanes of at least 4 members (excludes halogenated alkanes) is 2. The van der Waals surface area contributed by atoms with E-state index < -0.39 is 5.95 Å². The van der Waals surface area contributed by atoms with Gasteiger partial charge in [0.15, 0.2) is 0 Å². The van der Waals surface area contributed by atoms with E-state index in [0.717, 1.165) is 13.0 Å². The van der Waals surface area contributed by atoms with Crippen molar-refractivity contribution in [3.05, 3.63) is 24.1 Å². The molecule has 84 valence electrons. The highest BCUT2D eigenvalue weighted by molar-refractivity contribution is 7.98. The lowest BCUT2D eigenvalue weighted by Crippen LogP contribution is -2.03. The van der Waals surface area contributed by atoms with Crippen LogP contribution in [0.5, 0.6) is 0 Å². The number of hydrogen-bond donors (Lipinski definition) is 1. The number of aromatic nitrogens is 1. The van der Waals surface area contributed by atoms with E-state index in [4.69, 9.17) is 0 Å². The highest BCUT2D eigenvalue weighted by atomic mass is 32.2. The Morgan fingerprint density at radius 1 is 1.33 bits per heavy atom. The minimum atomic E-state index is -0.428. The Hall–Kier alpha value is -0.770. The maximum Gasteiger partial charge on any atom is 0.214 e. The molecule has 0 aromatic carbocycles. The molecular formula is C11H17FN2S. The molecule has 1 aromatic rings. The van der Waals surface area contributed by atoms with Crippen LogP contribution in [0.3, 0.4) is 0 Å². The molecule has 0 radical (unpaired) electrons. The standard InChI is InChI=1S/C11H17FN2S/c1-15-9-4-2-3-8-13-11-7-5-6-10(12)14-11/h5-7H,2-4,8-9H2,1H3,(H,13,14). The Morgan fingerprint density at radius 2 is 2.20 bits per heavy atom. The number of thioether (sulfide) groups is 1. The highest BCUT2D eigenvalue weighted by Gasteiger charge is 1.95. The predicted molar refractivity (Wildman–Crippen MR) is 64.9 cm³/mol. The molecule has 15 heavy (non-hydrogen) atoms. The SMILES string of the molecule is CSCCCCCNc1cccc(F)n1. The van der Waals surface area contributed by atoms with Crippen LogP contribution in [0.15, 0.2) is 18.2 Å². The molecule has 0 aliphatic carbocycles. The fraction of sp³-hybridized carbons (Fsp3) is 0.545. The molecule has 2 nitrogen and oxygen atoms in total. The van der Waals surface area contributed by atoms with Gasteiger partial charge in [-0.05, 0) is 37.0 Å². The van der Waals surface area contributed by atoms with Gasteiger partial charge in [0.2, 0.25) is 5.95 Å². The predicted octanol–water partition coefficient (Wildman–Crippen LogP) is 3.17. The summed E-state index contributed by atoms with van der Waals surface area (Å²) >= 11 is 1.88. The van der Waals surface area contributed by atoms with Gasteiger partial charge in [-0.2, -0.15) is 16.2 Å². The van der Waals surface area contributed by atoms with Gasteiger partial charge in [-0.1, -0.05) is 12.5 Å². The molecule has 0 amide bonds. The van der Waals surface area contributed by atoms with Crippen molar-refractivity contribution in [2.45, 2.75) is 19.3 Å². The normalized spacial score (nSPS) is 10.3. The molecule has 0 saturated heterocycles. The number of pyridine rings is 1. The monoisotopic (exact) mass is 228 g/mol. The van der Waals surface area contributed by atoms with Crippen molar-refractivity contribution in [3.63, 3.8) is 0 Å². The number of hydrogen-bond acceptors (Lipinski definition) is 3. The van der Waals surface area contributed by atoms with Gasteiger partial charge in [0.1, 0.15) is 5.82 Å². The van der Waals surface area contributed by atoms with E-state index in [1.165, 1.54) is 24.7 Å². The average Bonchev–Trinajstić information content (AvgIpc) is 2.23. The summed E-state index contributed by atoms with van der Waals surface area (Å²) in [4.78, 5) is 3.73. The second-order valence-electron chi connectivity index (χ2n) is 3.33. The molecule has 4 heteroatoms. The summed E-state index contributed by atoms with van der Waals surface area (Å²) in [5, 5.41) is 3.10. The fourth-order valence-electron chi connectivity index (χ4n) is 1.27. The molecule has 0 fully saturated rings. The van der Waals surface area contributed by atoms with E-state index in [0.29, 0.717) is 5.82 Å². The average molecular weight is 228 g/mol. The Bertz CT molecular complexity index is 281. The summed E-state index contributed by atoms with van der Waals surface area (Å²) in [5.74, 6) is 1.42. The van der Waals surface area contributed by atoms with Gasteiger partial charge in [-0.15, -0.1) is 0 Å². The minimum absolute atomic E-state index is 0.428. The zero-order valence-corrected chi connectivity index (χ0v) is 9.82. The first-order valence-corrected chi connectivity index (χ1v) is 6.57. The largest absolute Gasteiger partial charge is 0.370 e. The van der Waals surface area contributed by atoms with Gasteiger partial charge < -0.3 is 5.32 Å². The van der Waals surface area contributed by atoms with Crippen molar-refractivity contribution < 1.29 is 4.39 Å².